The van der Waals surface area contributed by atoms with Gasteiger partial charge in [-0.3, -0.25) is 5.32 Å². The third-order valence-electron chi connectivity index (χ3n) is 3.73. The van der Waals surface area contributed by atoms with Crippen molar-refractivity contribution in [3.05, 3.63) is 79.0 Å². The monoisotopic (exact) mass is 356 g/mol. The number of hydrogen-bond donors (Lipinski definition) is 3. The maximum atomic E-state index is 12.1. The molecule has 2 amide bonds. The number of nitrogens with one attached hydrogen (secondary N) is 3. The number of anilines is 4. The number of carbonyl (C=O) groups excluding carboxylic acids is 1. The van der Waals surface area contributed by atoms with E-state index in [1.165, 1.54) is 6.20 Å². The Bertz CT molecular complexity index is 1070. The summed E-state index contributed by atoms with van der Waals surface area (Å²) in [6, 6.07) is 22.2. The molecule has 4 aromatic rings. The van der Waals surface area contributed by atoms with Crippen LogP contribution >= 0.6 is 0 Å². The van der Waals surface area contributed by atoms with Gasteiger partial charge in [-0.1, -0.05) is 36.4 Å². The van der Waals surface area contributed by atoms with Crippen molar-refractivity contribution in [1.29, 1.82) is 0 Å². The average Bonchev–Trinajstić information content (AvgIpc) is 2.69. The minimum Gasteiger partial charge on any atom is -0.340 e. The van der Waals surface area contributed by atoms with Gasteiger partial charge in [-0.05, 0) is 36.4 Å². The number of fused-ring (bicyclic) bond motifs is 1. The van der Waals surface area contributed by atoms with Crippen LogP contribution in [0.4, 0.5) is 27.8 Å². The van der Waals surface area contributed by atoms with Gasteiger partial charge in [0, 0.05) is 11.4 Å². The highest BCUT2D eigenvalue weighted by molar-refractivity contribution is 5.99. The zero-order chi connectivity index (χ0) is 18.5. The first-order valence-electron chi connectivity index (χ1n) is 8.35. The van der Waals surface area contributed by atoms with Crippen molar-refractivity contribution in [3.63, 3.8) is 0 Å². The minimum atomic E-state index is -0.395. The lowest BCUT2D eigenvalue weighted by Crippen LogP contribution is -2.20. The molecule has 27 heavy (non-hydrogen) atoms. The van der Waals surface area contributed by atoms with E-state index in [0.29, 0.717) is 28.5 Å². The summed E-state index contributed by atoms with van der Waals surface area (Å²) < 4.78 is 0. The second-order valence-corrected chi connectivity index (χ2v) is 5.73. The molecule has 4 rings (SSSR count). The zero-order valence-corrected chi connectivity index (χ0v) is 14.3. The van der Waals surface area contributed by atoms with Crippen molar-refractivity contribution in [2.45, 2.75) is 0 Å². The Morgan fingerprint density at radius 1 is 0.704 bits per heavy atom. The highest BCUT2D eigenvalue weighted by atomic mass is 16.2. The van der Waals surface area contributed by atoms with Gasteiger partial charge in [0.2, 0.25) is 0 Å². The fourth-order valence-electron chi connectivity index (χ4n) is 2.50. The normalized spacial score (nSPS) is 10.4. The van der Waals surface area contributed by atoms with Gasteiger partial charge in [-0.2, -0.15) is 0 Å². The molecule has 0 aliphatic heterocycles. The van der Waals surface area contributed by atoms with Gasteiger partial charge in [0.25, 0.3) is 0 Å². The summed E-state index contributed by atoms with van der Waals surface area (Å²) >= 11 is 0. The predicted octanol–water partition coefficient (Wildman–Crippen LogP) is 4.41. The van der Waals surface area contributed by atoms with Crippen LogP contribution in [0.15, 0.2) is 79.0 Å². The van der Waals surface area contributed by atoms with Gasteiger partial charge in [0.15, 0.2) is 11.5 Å². The molecule has 7 nitrogen and oxygen atoms in total. The predicted molar refractivity (Wildman–Crippen MR) is 106 cm³/mol. The van der Waals surface area contributed by atoms with Crippen LogP contribution in [0, 0.1) is 0 Å². The van der Waals surface area contributed by atoms with Crippen molar-refractivity contribution in [3.8, 4) is 0 Å². The number of carbonyl (C=O) groups is 1. The van der Waals surface area contributed by atoms with E-state index < -0.39 is 6.03 Å². The Kier molecular flexibility index (Phi) is 4.57. The topological polar surface area (TPSA) is 91.8 Å². The first-order chi connectivity index (χ1) is 13.3. The first-order valence-corrected chi connectivity index (χ1v) is 8.35. The molecule has 132 valence electrons. The third-order valence-corrected chi connectivity index (χ3v) is 3.73. The molecule has 0 saturated heterocycles. The Labute approximate surface area is 155 Å². The van der Waals surface area contributed by atoms with E-state index in [1.54, 1.807) is 12.1 Å². The van der Waals surface area contributed by atoms with Gasteiger partial charge in [-0.25, -0.2) is 19.7 Å². The number of pyridine rings is 1. The van der Waals surface area contributed by atoms with E-state index in [2.05, 4.69) is 30.9 Å². The zero-order valence-electron chi connectivity index (χ0n) is 14.3. The molecule has 2 aromatic heterocycles. The van der Waals surface area contributed by atoms with Crippen molar-refractivity contribution in [2.75, 3.05) is 16.0 Å². The number of nitrogens with zero attached hydrogens (tertiary/aromatic N) is 3. The van der Waals surface area contributed by atoms with Gasteiger partial charge >= 0.3 is 6.03 Å². The van der Waals surface area contributed by atoms with Crippen LogP contribution < -0.4 is 16.0 Å². The summed E-state index contributed by atoms with van der Waals surface area (Å²) in [4.78, 5) is 25.2. The number of urea groups is 1. The van der Waals surface area contributed by atoms with Gasteiger partial charge in [-0.15, -0.1) is 0 Å². The number of hydrogen-bond acceptors (Lipinski definition) is 5. The minimum absolute atomic E-state index is 0.320. The van der Waals surface area contributed by atoms with Gasteiger partial charge in [0.05, 0.1) is 6.20 Å². The highest BCUT2D eigenvalue weighted by Gasteiger charge is 2.07. The van der Waals surface area contributed by atoms with E-state index >= 15 is 0 Å². The molecule has 0 saturated carbocycles. The van der Waals surface area contributed by atoms with Crippen LogP contribution in [0.3, 0.4) is 0 Å². The Morgan fingerprint density at radius 2 is 1.37 bits per heavy atom. The second kappa shape index (κ2) is 7.49. The fourth-order valence-corrected chi connectivity index (χ4v) is 2.50. The number of para-hydroxylation sites is 2. The number of aromatic nitrogens is 3. The summed E-state index contributed by atoms with van der Waals surface area (Å²) in [7, 11) is 0. The molecule has 0 fully saturated rings. The maximum Gasteiger partial charge on any atom is 0.324 e. The van der Waals surface area contributed by atoms with E-state index in [-0.39, 0.29) is 0 Å². The molecule has 3 N–H and O–H groups in total. The Balaban J connectivity index is 1.51. The summed E-state index contributed by atoms with van der Waals surface area (Å²) in [6.45, 7) is 0. The average molecular weight is 356 g/mol. The van der Waals surface area contributed by atoms with Crippen molar-refractivity contribution in [1.82, 2.24) is 15.0 Å². The molecular formula is C20H16N6O. The Morgan fingerprint density at radius 3 is 2.11 bits per heavy atom. The third kappa shape index (κ3) is 4.16. The molecule has 0 bridgehead atoms. The lowest BCUT2D eigenvalue weighted by Gasteiger charge is -2.08. The number of benzene rings is 2. The van der Waals surface area contributed by atoms with Crippen molar-refractivity contribution in [2.24, 2.45) is 0 Å². The Hall–Kier alpha value is -4.00. The van der Waals surface area contributed by atoms with Crippen LogP contribution in [0.1, 0.15) is 0 Å². The van der Waals surface area contributed by atoms with Crippen LogP contribution in [0.2, 0.25) is 0 Å². The summed E-state index contributed by atoms with van der Waals surface area (Å²) in [5.41, 5.74) is 2.70. The molecule has 0 spiro atoms. The van der Waals surface area contributed by atoms with Crippen LogP contribution in [0.25, 0.3) is 11.2 Å². The summed E-state index contributed by atoms with van der Waals surface area (Å²) in [5, 5.41) is 8.61. The largest absolute Gasteiger partial charge is 0.340 e. The molecule has 0 atom stereocenters. The van der Waals surface area contributed by atoms with E-state index in [9.17, 15) is 4.79 Å². The molecule has 7 heteroatoms. The molecular weight excluding hydrogens is 340 g/mol. The SMILES string of the molecule is O=C(Nc1ccccc1)Nc1cnc2ccc(Nc3ccccc3)nc2n1. The molecule has 0 unspecified atom stereocenters. The lowest BCUT2D eigenvalue weighted by atomic mass is 10.3. The summed E-state index contributed by atoms with van der Waals surface area (Å²) in [5.74, 6) is 0.967. The standard InChI is InChI=1S/C20H16N6O/c27-20(23-15-9-5-2-6-10-15)26-18-13-21-16-11-12-17(24-19(16)25-18)22-14-7-3-1-4-8-14/h1-13H,(H3,22,23,24,25,26,27). The smallest absolute Gasteiger partial charge is 0.324 e. The van der Waals surface area contributed by atoms with Crippen LogP contribution in [0.5, 0.6) is 0 Å². The van der Waals surface area contributed by atoms with Gasteiger partial charge < -0.3 is 10.6 Å². The maximum absolute atomic E-state index is 12.1. The van der Waals surface area contributed by atoms with Crippen molar-refractivity contribution >= 4 is 40.2 Å². The second-order valence-electron chi connectivity index (χ2n) is 5.73. The molecule has 2 heterocycles. The van der Waals surface area contributed by atoms with Crippen molar-refractivity contribution < 1.29 is 4.79 Å². The van der Waals surface area contributed by atoms with Gasteiger partial charge in [0.1, 0.15) is 11.3 Å². The van der Waals surface area contributed by atoms with E-state index in [0.717, 1.165) is 5.69 Å². The fraction of sp³-hybridized carbons (Fsp3) is 0. The molecule has 0 radical (unpaired) electrons. The molecule has 2 aromatic carbocycles. The van der Waals surface area contributed by atoms with E-state index in [4.69, 9.17) is 0 Å². The molecule has 0 aliphatic rings. The summed E-state index contributed by atoms with van der Waals surface area (Å²) in [6.07, 6.45) is 1.50. The van der Waals surface area contributed by atoms with Crippen LogP contribution in [-0.4, -0.2) is 21.0 Å². The quantitative estimate of drug-likeness (QED) is 0.504. The van der Waals surface area contributed by atoms with E-state index in [1.807, 2.05) is 60.7 Å². The highest BCUT2D eigenvalue weighted by Crippen LogP contribution is 2.17. The first kappa shape index (κ1) is 16.5. The number of amides is 2. The number of rotatable bonds is 4. The van der Waals surface area contributed by atoms with Crippen LogP contribution in [-0.2, 0) is 0 Å². The molecule has 0 aliphatic carbocycles. The lowest BCUT2D eigenvalue weighted by molar-refractivity contribution is 0.262.